The smallest absolute Gasteiger partial charge is 0.256 e. The van der Waals surface area contributed by atoms with E-state index in [9.17, 15) is 9.59 Å². The van der Waals surface area contributed by atoms with Gasteiger partial charge in [-0.2, -0.15) is 0 Å². The molecule has 5 nitrogen and oxygen atoms in total. The van der Waals surface area contributed by atoms with Gasteiger partial charge in [0.05, 0.1) is 11.3 Å². The molecule has 1 aliphatic rings. The minimum Gasteiger partial charge on any atom is -0.365 e. The summed E-state index contributed by atoms with van der Waals surface area (Å²) in [7, 11) is 1.56. The molecule has 114 valence electrons. The zero-order valence-corrected chi connectivity index (χ0v) is 14.0. The Morgan fingerprint density at radius 1 is 1.38 bits per heavy atom. The van der Waals surface area contributed by atoms with Crippen molar-refractivity contribution in [2.75, 3.05) is 19.0 Å². The van der Waals surface area contributed by atoms with Crippen LogP contribution < -0.4 is 10.6 Å². The quantitative estimate of drug-likeness (QED) is 0.876. The summed E-state index contributed by atoms with van der Waals surface area (Å²) in [5.74, 6) is -0.470. The molecular weight excluding hydrogens is 336 g/mol. The maximum atomic E-state index is 12.4. The van der Waals surface area contributed by atoms with Crippen molar-refractivity contribution in [3.63, 3.8) is 0 Å². The lowest BCUT2D eigenvalue weighted by molar-refractivity contribution is -0.133. The highest BCUT2D eigenvalue weighted by Crippen LogP contribution is 2.32. The Balaban J connectivity index is 2.35. The predicted molar refractivity (Wildman–Crippen MR) is 84.5 cm³/mol. The molecule has 1 aromatic rings. The van der Waals surface area contributed by atoms with Gasteiger partial charge in [-0.1, -0.05) is 0 Å². The fraction of sp³-hybridized carbons (Fsp3) is 0.467. The third-order valence-electron chi connectivity index (χ3n) is 3.64. The van der Waals surface area contributed by atoms with Crippen molar-refractivity contribution in [3.05, 3.63) is 27.7 Å². The van der Waals surface area contributed by atoms with Crippen LogP contribution >= 0.6 is 15.9 Å². The lowest BCUT2D eigenvalue weighted by Gasteiger charge is -2.23. The summed E-state index contributed by atoms with van der Waals surface area (Å²) in [6.45, 7) is 4.25. The van der Waals surface area contributed by atoms with Gasteiger partial charge in [-0.3, -0.25) is 9.59 Å². The zero-order chi connectivity index (χ0) is 15.6. The molecule has 1 heterocycles. The second-order valence-electron chi connectivity index (χ2n) is 5.39. The first-order valence-electron chi connectivity index (χ1n) is 6.85. The van der Waals surface area contributed by atoms with Crippen molar-refractivity contribution >= 4 is 33.4 Å². The van der Waals surface area contributed by atoms with E-state index in [1.807, 2.05) is 13.0 Å². The first kappa shape index (κ1) is 16.0. The summed E-state index contributed by atoms with van der Waals surface area (Å²) in [6.07, 6.45) is 1.54. The number of carbonyl (C=O) groups excluding carboxylic acids is 2. The molecule has 0 radical (unpaired) electrons. The van der Waals surface area contributed by atoms with Crippen molar-refractivity contribution in [3.8, 4) is 0 Å². The molecule has 1 unspecified atom stereocenters. The summed E-state index contributed by atoms with van der Waals surface area (Å²) < 4.78 is 6.21. The first-order chi connectivity index (χ1) is 9.87. The molecule has 0 spiro atoms. The van der Waals surface area contributed by atoms with Crippen LogP contribution in [0.25, 0.3) is 0 Å². The molecule has 2 N–H and O–H groups in total. The van der Waals surface area contributed by atoms with Crippen molar-refractivity contribution in [2.45, 2.75) is 32.3 Å². The van der Waals surface area contributed by atoms with Gasteiger partial charge in [0.15, 0.2) is 0 Å². The Morgan fingerprint density at radius 2 is 2.10 bits per heavy atom. The van der Waals surface area contributed by atoms with Crippen LogP contribution in [0.3, 0.4) is 0 Å². The SMILES string of the molecule is CNC(=O)c1cc(C)cc(Br)c1NC(=O)C1(C)CCCO1. The van der Waals surface area contributed by atoms with Gasteiger partial charge in [0.1, 0.15) is 5.60 Å². The van der Waals surface area contributed by atoms with E-state index in [-0.39, 0.29) is 11.8 Å². The first-order valence-corrected chi connectivity index (χ1v) is 7.64. The highest BCUT2D eigenvalue weighted by molar-refractivity contribution is 9.10. The van der Waals surface area contributed by atoms with Gasteiger partial charge >= 0.3 is 0 Å². The molecule has 1 atom stereocenters. The lowest BCUT2D eigenvalue weighted by atomic mass is 10.0. The van der Waals surface area contributed by atoms with Crippen LogP contribution in [0.1, 0.15) is 35.7 Å². The Kier molecular flexibility index (Phi) is 4.68. The Bertz CT molecular complexity index is 581. The molecule has 1 aromatic carbocycles. The van der Waals surface area contributed by atoms with Gasteiger partial charge < -0.3 is 15.4 Å². The number of aryl methyl sites for hydroxylation is 1. The maximum Gasteiger partial charge on any atom is 0.256 e. The Labute approximate surface area is 132 Å². The fourth-order valence-electron chi connectivity index (χ4n) is 2.39. The molecule has 1 saturated heterocycles. The number of carbonyl (C=O) groups is 2. The van der Waals surface area contributed by atoms with Crippen LogP contribution in [-0.4, -0.2) is 31.1 Å². The molecule has 0 bridgehead atoms. The number of halogens is 1. The van der Waals surface area contributed by atoms with Crippen LogP contribution in [0.15, 0.2) is 16.6 Å². The fourth-order valence-corrected chi connectivity index (χ4v) is 3.06. The van der Waals surface area contributed by atoms with Crippen LogP contribution in [0, 0.1) is 6.92 Å². The van der Waals surface area contributed by atoms with Crippen LogP contribution in [0.4, 0.5) is 5.69 Å². The van der Waals surface area contributed by atoms with Crippen molar-refractivity contribution < 1.29 is 14.3 Å². The topological polar surface area (TPSA) is 67.4 Å². The number of rotatable bonds is 3. The number of hydrogen-bond donors (Lipinski definition) is 2. The molecule has 1 aliphatic heterocycles. The van der Waals surface area contributed by atoms with Gasteiger partial charge in [0, 0.05) is 18.1 Å². The molecule has 2 amide bonds. The number of hydrogen-bond acceptors (Lipinski definition) is 3. The standard InChI is InChI=1S/C15H19BrN2O3/c1-9-7-10(13(19)17-3)12(11(16)8-9)18-14(20)15(2)5-4-6-21-15/h7-8H,4-6H2,1-3H3,(H,17,19)(H,18,20). The molecule has 6 heteroatoms. The summed E-state index contributed by atoms with van der Waals surface area (Å²) in [6, 6.07) is 3.61. The largest absolute Gasteiger partial charge is 0.365 e. The lowest BCUT2D eigenvalue weighted by Crippen LogP contribution is -2.40. The highest BCUT2D eigenvalue weighted by Gasteiger charge is 2.38. The van der Waals surface area contributed by atoms with E-state index in [1.165, 1.54) is 0 Å². The van der Waals surface area contributed by atoms with Gasteiger partial charge in [-0.15, -0.1) is 0 Å². The monoisotopic (exact) mass is 354 g/mol. The van der Waals surface area contributed by atoms with Gasteiger partial charge in [0.25, 0.3) is 11.8 Å². The molecule has 2 rings (SSSR count). The van der Waals surface area contributed by atoms with E-state index >= 15 is 0 Å². The van der Waals surface area contributed by atoms with Crippen LogP contribution in [0.2, 0.25) is 0 Å². The third-order valence-corrected chi connectivity index (χ3v) is 4.27. The summed E-state index contributed by atoms with van der Waals surface area (Å²) in [4.78, 5) is 24.5. The number of anilines is 1. The van der Waals surface area contributed by atoms with Gasteiger partial charge in [-0.25, -0.2) is 0 Å². The average molecular weight is 355 g/mol. The van der Waals surface area contributed by atoms with Gasteiger partial charge in [0.2, 0.25) is 0 Å². The van der Waals surface area contributed by atoms with Crippen LogP contribution in [0.5, 0.6) is 0 Å². The maximum absolute atomic E-state index is 12.4. The van der Waals surface area contributed by atoms with E-state index in [0.717, 1.165) is 12.0 Å². The Morgan fingerprint density at radius 3 is 2.67 bits per heavy atom. The van der Waals surface area contributed by atoms with E-state index in [2.05, 4.69) is 26.6 Å². The second-order valence-corrected chi connectivity index (χ2v) is 6.24. The molecule has 0 aliphatic carbocycles. The van der Waals surface area contributed by atoms with Crippen molar-refractivity contribution in [1.29, 1.82) is 0 Å². The number of benzene rings is 1. The minimum absolute atomic E-state index is 0.227. The van der Waals surface area contributed by atoms with E-state index in [1.54, 1.807) is 20.0 Å². The summed E-state index contributed by atoms with van der Waals surface area (Å²) >= 11 is 3.41. The van der Waals surface area contributed by atoms with E-state index in [4.69, 9.17) is 4.74 Å². The minimum atomic E-state index is -0.829. The average Bonchev–Trinajstić information content (AvgIpc) is 2.88. The number of ether oxygens (including phenoxy) is 1. The second kappa shape index (κ2) is 6.15. The molecule has 1 fully saturated rings. The normalized spacial score (nSPS) is 21.1. The predicted octanol–water partition coefficient (Wildman–Crippen LogP) is 2.62. The van der Waals surface area contributed by atoms with E-state index in [0.29, 0.717) is 28.8 Å². The molecule has 21 heavy (non-hydrogen) atoms. The summed E-state index contributed by atoms with van der Waals surface area (Å²) in [5.41, 5.74) is 1.01. The van der Waals surface area contributed by atoms with E-state index < -0.39 is 5.60 Å². The molecule has 0 saturated carbocycles. The van der Waals surface area contributed by atoms with Crippen molar-refractivity contribution in [2.24, 2.45) is 0 Å². The van der Waals surface area contributed by atoms with Gasteiger partial charge in [-0.05, 0) is 60.3 Å². The number of amides is 2. The summed E-state index contributed by atoms with van der Waals surface area (Å²) in [5, 5.41) is 5.42. The Hall–Kier alpha value is -1.40. The third kappa shape index (κ3) is 3.27. The molecule has 0 aromatic heterocycles. The van der Waals surface area contributed by atoms with Crippen molar-refractivity contribution in [1.82, 2.24) is 5.32 Å². The zero-order valence-electron chi connectivity index (χ0n) is 12.4. The number of nitrogens with one attached hydrogen (secondary N) is 2. The molecular formula is C15H19BrN2O3. The highest BCUT2D eigenvalue weighted by atomic mass is 79.9. The van der Waals surface area contributed by atoms with Crippen LogP contribution in [-0.2, 0) is 9.53 Å².